The van der Waals surface area contributed by atoms with Gasteiger partial charge in [-0.2, -0.15) is 11.8 Å². The summed E-state index contributed by atoms with van der Waals surface area (Å²) < 4.78 is 27.5. The molecule has 0 spiro atoms. The van der Waals surface area contributed by atoms with Crippen LogP contribution in [0.5, 0.6) is 0 Å². The molecule has 2 N–H and O–H groups in total. The van der Waals surface area contributed by atoms with Gasteiger partial charge in [0.25, 0.3) is 0 Å². The first-order valence-corrected chi connectivity index (χ1v) is 10.1. The van der Waals surface area contributed by atoms with Crippen molar-refractivity contribution in [1.82, 2.24) is 10.0 Å². The van der Waals surface area contributed by atoms with Crippen LogP contribution in [-0.2, 0) is 16.6 Å². The summed E-state index contributed by atoms with van der Waals surface area (Å²) in [5.74, 6) is 1.15. The third-order valence-corrected chi connectivity index (χ3v) is 6.73. The molecular formula is C15H22N2O2S2. The second-order valence-corrected chi connectivity index (χ2v) is 8.96. The molecule has 1 aromatic rings. The van der Waals surface area contributed by atoms with Crippen LogP contribution in [0.25, 0.3) is 0 Å². The van der Waals surface area contributed by atoms with Gasteiger partial charge < -0.3 is 5.32 Å². The van der Waals surface area contributed by atoms with E-state index in [0.29, 0.717) is 22.7 Å². The molecule has 1 heterocycles. The van der Waals surface area contributed by atoms with Crippen molar-refractivity contribution in [3.8, 4) is 0 Å². The molecule has 1 saturated carbocycles. The fourth-order valence-electron chi connectivity index (χ4n) is 2.46. The van der Waals surface area contributed by atoms with E-state index in [1.165, 1.54) is 19.3 Å². The van der Waals surface area contributed by atoms with E-state index in [1.54, 1.807) is 12.1 Å². The zero-order chi connectivity index (χ0) is 14.7. The number of benzene rings is 1. The van der Waals surface area contributed by atoms with Crippen LogP contribution in [-0.4, -0.2) is 32.0 Å². The van der Waals surface area contributed by atoms with Gasteiger partial charge in [0.15, 0.2) is 0 Å². The van der Waals surface area contributed by atoms with Gasteiger partial charge in [-0.1, -0.05) is 12.1 Å². The second kappa shape index (κ2) is 6.69. The Hall–Kier alpha value is -0.560. The molecule has 21 heavy (non-hydrogen) atoms. The molecule has 1 unspecified atom stereocenters. The Balaban J connectivity index is 1.61. The number of nitrogens with one attached hydrogen (secondary N) is 2. The van der Waals surface area contributed by atoms with Crippen LogP contribution in [0.4, 0.5) is 0 Å². The van der Waals surface area contributed by atoms with Crippen molar-refractivity contribution in [3.63, 3.8) is 0 Å². The smallest absolute Gasteiger partial charge is 0.240 e. The number of rotatable bonds is 7. The van der Waals surface area contributed by atoms with Crippen LogP contribution in [0.1, 0.15) is 31.2 Å². The highest BCUT2D eigenvalue weighted by atomic mass is 32.2. The third-order valence-electron chi connectivity index (χ3n) is 3.91. The Bertz CT molecular complexity index is 579. The molecule has 1 aliphatic carbocycles. The molecule has 4 nitrogen and oxygen atoms in total. The standard InChI is InChI=1S/C15H22N2O2S2/c18-21(19,17-11-14-4-2-8-20-14)15-5-1-3-12(9-15)10-16-13-6-7-13/h1,3,5,9,13-14,16-17H,2,4,6-8,10-11H2. The highest BCUT2D eigenvalue weighted by Gasteiger charge is 2.22. The number of sulfonamides is 1. The molecule has 0 aromatic heterocycles. The SMILES string of the molecule is O=S(=O)(NCC1CCCS1)c1cccc(CNC2CC2)c1. The normalized spacial score (nSPS) is 22.6. The van der Waals surface area contributed by atoms with Crippen molar-refractivity contribution in [1.29, 1.82) is 0 Å². The number of hydrogen-bond donors (Lipinski definition) is 2. The van der Waals surface area contributed by atoms with Gasteiger partial charge in [0.05, 0.1) is 4.90 Å². The van der Waals surface area contributed by atoms with E-state index in [1.807, 2.05) is 23.9 Å². The van der Waals surface area contributed by atoms with Crippen molar-refractivity contribution in [2.45, 2.75) is 48.4 Å². The molecule has 0 amide bonds. The maximum Gasteiger partial charge on any atom is 0.240 e. The highest BCUT2D eigenvalue weighted by Crippen LogP contribution is 2.25. The molecule has 2 fully saturated rings. The van der Waals surface area contributed by atoms with Gasteiger partial charge in [-0.25, -0.2) is 13.1 Å². The highest BCUT2D eigenvalue weighted by molar-refractivity contribution is 8.00. The van der Waals surface area contributed by atoms with Gasteiger partial charge >= 0.3 is 0 Å². The Morgan fingerprint density at radius 1 is 1.24 bits per heavy atom. The van der Waals surface area contributed by atoms with E-state index in [-0.39, 0.29) is 0 Å². The van der Waals surface area contributed by atoms with Crippen molar-refractivity contribution < 1.29 is 8.42 Å². The summed E-state index contributed by atoms with van der Waals surface area (Å²) in [7, 11) is -3.38. The molecule has 1 saturated heterocycles. The maximum atomic E-state index is 12.4. The molecule has 1 atom stereocenters. The second-order valence-electron chi connectivity index (χ2n) is 5.79. The lowest BCUT2D eigenvalue weighted by molar-refractivity contribution is 0.578. The monoisotopic (exact) mass is 326 g/mol. The van der Waals surface area contributed by atoms with Crippen LogP contribution >= 0.6 is 11.8 Å². The molecule has 2 aliphatic rings. The quantitative estimate of drug-likeness (QED) is 0.806. The molecule has 1 aromatic carbocycles. The molecular weight excluding hydrogens is 304 g/mol. The average molecular weight is 326 g/mol. The van der Waals surface area contributed by atoms with Gasteiger partial charge in [-0.3, -0.25) is 0 Å². The number of hydrogen-bond acceptors (Lipinski definition) is 4. The minimum absolute atomic E-state index is 0.376. The summed E-state index contributed by atoms with van der Waals surface area (Å²) in [5, 5.41) is 3.84. The summed E-state index contributed by atoms with van der Waals surface area (Å²) in [6, 6.07) is 7.87. The Morgan fingerprint density at radius 2 is 2.10 bits per heavy atom. The largest absolute Gasteiger partial charge is 0.310 e. The number of thioether (sulfide) groups is 1. The van der Waals surface area contributed by atoms with E-state index in [9.17, 15) is 8.42 Å². The van der Waals surface area contributed by atoms with E-state index >= 15 is 0 Å². The Labute approximate surface area is 131 Å². The van der Waals surface area contributed by atoms with Gasteiger partial charge in [0.2, 0.25) is 10.0 Å². The van der Waals surface area contributed by atoms with Crippen LogP contribution < -0.4 is 10.0 Å². The Kier molecular flexibility index (Phi) is 4.88. The summed E-state index contributed by atoms with van der Waals surface area (Å²) >= 11 is 1.86. The lowest BCUT2D eigenvalue weighted by Gasteiger charge is -2.12. The Morgan fingerprint density at radius 3 is 2.81 bits per heavy atom. The van der Waals surface area contributed by atoms with Crippen molar-refractivity contribution >= 4 is 21.8 Å². The summed E-state index contributed by atoms with van der Waals surface area (Å²) in [6.07, 6.45) is 4.77. The van der Waals surface area contributed by atoms with Gasteiger partial charge in [-0.05, 0) is 49.1 Å². The molecule has 0 radical (unpaired) electrons. The van der Waals surface area contributed by atoms with Gasteiger partial charge in [0, 0.05) is 24.4 Å². The van der Waals surface area contributed by atoms with Crippen LogP contribution in [0.2, 0.25) is 0 Å². The zero-order valence-electron chi connectivity index (χ0n) is 12.0. The van der Waals surface area contributed by atoms with Crippen molar-refractivity contribution in [2.75, 3.05) is 12.3 Å². The third kappa shape index (κ3) is 4.45. The fourth-order valence-corrected chi connectivity index (χ4v) is 4.92. The summed E-state index contributed by atoms with van der Waals surface area (Å²) in [6.45, 7) is 1.28. The first kappa shape index (κ1) is 15.3. The van der Waals surface area contributed by atoms with E-state index in [2.05, 4.69) is 10.0 Å². The minimum atomic E-state index is -3.38. The first-order valence-electron chi connectivity index (χ1n) is 7.57. The summed E-state index contributed by atoms with van der Waals surface area (Å²) in [5.41, 5.74) is 1.03. The predicted octanol–water partition coefficient (Wildman–Crippen LogP) is 2.11. The van der Waals surface area contributed by atoms with Crippen LogP contribution in [0.3, 0.4) is 0 Å². The molecule has 3 rings (SSSR count). The first-order chi connectivity index (χ1) is 10.1. The molecule has 1 aliphatic heterocycles. The van der Waals surface area contributed by atoms with Gasteiger partial charge in [-0.15, -0.1) is 0 Å². The van der Waals surface area contributed by atoms with Crippen LogP contribution in [0, 0.1) is 0 Å². The maximum absolute atomic E-state index is 12.4. The predicted molar refractivity (Wildman–Crippen MR) is 87.0 cm³/mol. The van der Waals surface area contributed by atoms with E-state index < -0.39 is 10.0 Å². The molecule has 116 valence electrons. The minimum Gasteiger partial charge on any atom is -0.310 e. The average Bonchev–Trinajstić information content (AvgIpc) is 3.17. The van der Waals surface area contributed by atoms with Crippen molar-refractivity contribution in [3.05, 3.63) is 29.8 Å². The lowest BCUT2D eigenvalue weighted by Crippen LogP contribution is -2.30. The fraction of sp³-hybridized carbons (Fsp3) is 0.600. The van der Waals surface area contributed by atoms with E-state index in [0.717, 1.165) is 24.3 Å². The molecule has 6 heteroatoms. The zero-order valence-corrected chi connectivity index (χ0v) is 13.7. The molecule has 0 bridgehead atoms. The lowest BCUT2D eigenvalue weighted by atomic mass is 10.2. The van der Waals surface area contributed by atoms with Crippen molar-refractivity contribution in [2.24, 2.45) is 0 Å². The topological polar surface area (TPSA) is 58.2 Å². The summed E-state index contributed by atoms with van der Waals surface area (Å²) in [4.78, 5) is 0.376. The van der Waals surface area contributed by atoms with E-state index in [4.69, 9.17) is 0 Å². The van der Waals surface area contributed by atoms with Crippen LogP contribution in [0.15, 0.2) is 29.2 Å². The van der Waals surface area contributed by atoms with Gasteiger partial charge in [0.1, 0.15) is 0 Å².